The van der Waals surface area contributed by atoms with Gasteiger partial charge in [0.05, 0.1) is 28.5 Å². The molecule has 4 heteroatoms. The zero-order chi connectivity index (χ0) is 34.0. The number of rotatable bonds is 7. The topological polar surface area (TPSA) is 50.5 Å². The second-order valence-electron chi connectivity index (χ2n) is 12.4. The largest absolute Gasteiger partial charge is 0.282 e. The van der Waals surface area contributed by atoms with E-state index in [1.54, 1.807) is 0 Å². The number of allylic oxidation sites excluding steroid dienone is 11. The van der Waals surface area contributed by atoms with E-state index in [-0.39, 0.29) is 6.04 Å². The van der Waals surface area contributed by atoms with Crippen molar-refractivity contribution in [3.05, 3.63) is 180 Å². The lowest BCUT2D eigenvalue weighted by atomic mass is 9.93. The second-order valence-corrected chi connectivity index (χ2v) is 12.4. The van der Waals surface area contributed by atoms with Crippen LogP contribution in [-0.2, 0) is 0 Å². The van der Waals surface area contributed by atoms with E-state index < -0.39 is 0 Å². The molecule has 0 spiro atoms. The quantitative estimate of drug-likeness (QED) is 0.115. The van der Waals surface area contributed by atoms with Gasteiger partial charge in [0.2, 0.25) is 0 Å². The summed E-state index contributed by atoms with van der Waals surface area (Å²) >= 11 is 0. The summed E-state index contributed by atoms with van der Waals surface area (Å²) in [6, 6.07) is 27.4. The Labute approximate surface area is 290 Å². The minimum atomic E-state index is 0.160. The molecule has 0 saturated heterocycles. The maximum absolute atomic E-state index is 5.07. The molecule has 1 aliphatic heterocycles. The standard InChI is InChI=1S/C45H42N4/c1-5-6-7-19-41(46-28-11-13-33(3)40-18-10-14-35-22-21-34(4)48-43(40)31-35)36-15-8-9-16-39(30-32(2)20-23-36)42-27-26-38-25-24-37-17-12-29-47-44(37)45(38)49-42/h5-30,35,43H,31H2,1-4H3/b6-5+,9-8?,15-8?,16-9?,19-7-,23-20?,28-11+,32-20?,32-30?,33-13+,36-15?,36-23?,39-16?,39-30?,46-41+. The molecule has 6 rings (SSSR count). The predicted molar refractivity (Wildman–Crippen MR) is 210 cm³/mol. The van der Waals surface area contributed by atoms with Crippen molar-refractivity contribution in [3.63, 3.8) is 0 Å². The Morgan fingerprint density at radius 1 is 0.857 bits per heavy atom. The van der Waals surface area contributed by atoms with Crippen LogP contribution in [0, 0.1) is 12.8 Å². The fourth-order valence-electron chi connectivity index (χ4n) is 6.12. The van der Waals surface area contributed by atoms with E-state index in [1.807, 2.05) is 55.8 Å². The van der Waals surface area contributed by atoms with Gasteiger partial charge in [0.15, 0.2) is 0 Å². The molecule has 0 amide bonds. The third kappa shape index (κ3) is 8.41. The lowest BCUT2D eigenvalue weighted by molar-refractivity contribution is 0.635. The van der Waals surface area contributed by atoms with Crippen molar-refractivity contribution in [2.45, 2.75) is 40.2 Å². The van der Waals surface area contributed by atoms with Crippen molar-refractivity contribution in [2.75, 3.05) is 0 Å². The second kappa shape index (κ2) is 15.9. The molecule has 2 aromatic heterocycles. The highest BCUT2D eigenvalue weighted by Gasteiger charge is 2.21. The number of aryl methyl sites for hydroxylation is 1. The zero-order valence-electron chi connectivity index (χ0n) is 28.7. The number of aromatic nitrogens is 2. The number of benzene rings is 1. The lowest BCUT2D eigenvalue weighted by Crippen LogP contribution is -2.12. The summed E-state index contributed by atoms with van der Waals surface area (Å²) in [4.78, 5) is 19.6. The molecular weight excluding hydrogens is 597 g/mol. The molecule has 2 aliphatic rings. The van der Waals surface area contributed by atoms with Gasteiger partial charge < -0.3 is 0 Å². The van der Waals surface area contributed by atoms with Gasteiger partial charge in [-0.25, -0.2) is 4.98 Å². The normalized spacial score (nSPS) is 18.2. The number of hydrogen-bond donors (Lipinski definition) is 0. The van der Waals surface area contributed by atoms with Crippen molar-refractivity contribution in [3.8, 4) is 11.3 Å². The minimum Gasteiger partial charge on any atom is -0.282 e. The minimum absolute atomic E-state index is 0.160. The number of pyridine rings is 2. The molecule has 0 N–H and O–H groups in total. The Morgan fingerprint density at radius 3 is 2.57 bits per heavy atom. The van der Waals surface area contributed by atoms with Gasteiger partial charge in [0.25, 0.3) is 0 Å². The average Bonchev–Trinajstić information content (AvgIpc) is 3.44. The average molecular weight is 639 g/mol. The van der Waals surface area contributed by atoms with Crippen molar-refractivity contribution in [2.24, 2.45) is 15.9 Å². The monoisotopic (exact) mass is 638 g/mol. The Morgan fingerprint density at radius 2 is 1.69 bits per heavy atom. The maximum atomic E-state index is 5.07. The fraction of sp³-hybridized carbons (Fsp3) is 0.156. The highest BCUT2D eigenvalue weighted by molar-refractivity contribution is 6.09. The molecule has 3 heterocycles. The molecule has 242 valence electrons. The van der Waals surface area contributed by atoms with Crippen LogP contribution in [0.4, 0.5) is 0 Å². The number of nitrogens with zero attached hydrogens (tertiary/aromatic N) is 4. The maximum Gasteiger partial charge on any atom is 0.0972 e. The molecule has 2 unspecified atom stereocenters. The SMILES string of the molecule is C/C=C/C=C\C(=N/C=C/C=C(\C)C1=CC=CC2C=CC(C)=NC1C2)c1ccccc(-c2ccc3ccc4cccnc4c3n2)cc(C)cc1. The van der Waals surface area contributed by atoms with Gasteiger partial charge in [-0.2, -0.15) is 0 Å². The Bertz CT molecular complexity index is 2200. The first kappa shape index (κ1) is 33.2. The molecule has 4 nitrogen and oxygen atoms in total. The summed E-state index contributed by atoms with van der Waals surface area (Å²) < 4.78 is 0. The van der Waals surface area contributed by atoms with E-state index in [1.165, 1.54) is 11.1 Å². The van der Waals surface area contributed by atoms with Crippen LogP contribution < -0.4 is 0 Å². The molecule has 0 radical (unpaired) electrons. The molecule has 0 fully saturated rings. The van der Waals surface area contributed by atoms with Crippen molar-refractivity contribution in [1.82, 2.24) is 9.97 Å². The summed E-state index contributed by atoms with van der Waals surface area (Å²) in [6.07, 6.45) is 28.0. The van der Waals surface area contributed by atoms with Crippen molar-refractivity contribution < 1.29 is 0 Å². The molecule has 2 atom stereocenters. The van der Waals surface area contributed by atoms with E-state index in [4.69, 9.17) is 15.0 Å². The van der Waals surface area contributed by atoms with Gasteiger partial charge in [0, 0.05) is 40.0 Å². The Hall–Kier alpha value is -5.74. The van der Waals surface area contributed by atoms with Crippen LogP contribution in [0.5, 0.6) is 0 Å². The molecular formula is C45H42N4. The molecule has 1 aliphatic carbocycles. The van der Waals surface area contributed by atoms with Gasteiger partial charge in [-0.1, -0.05) is 115 Å². The third-order valence-electron chi connectivity index (χ3n) is 8.69. The van der Waals surface area contributed by atoms with Crippen LogP contribution in [0.2, 0.25) is 0 Å². The summed E-state index contributed by atoms with van der Waals surface area (Å²) in [5, 5.41) is 2.16. The van der Waals surface area contributed by atoms with Gasteiger partial charge in [-0.3, -0.25) is 15.0 Å². The van der Waals surface area contributed by atoms with Crippen molar-refractivity contribution in [1.29, 1.82) is 0 Å². The highest BCUT2D eigenvalue weighted by Crippen LogP contribution is 2.29. The summed E-state index contributed by atoms with van der Waals surface area (Å²) in [5.41, 5.74) is 10.3. The van der Waals surface area contributed by atoms with E-state index in [9.17, 15) is 0 Å². The summed E-state index contributed by atoms with van der Waals surface area (Å²) in [7, 11) is 0. The van der Waals surface area contributed by atoms with E-state index in [0.717, 1.165) is 62.0 Å². The van der Waals surface area contributed by atoms with Crippen LogP contribution in [0.3, 0.4) is 0 Å². The summed E-state index contributed by atoms with van der Waals surface area (Å²) in [5.74, 6) is 0.418. The van der Waals surface area contributed by atoms with Gasteiger partial charge in [-0.15, -0.1) is 0 Å². The van der Waals surface area contributed by atoms with Crippen LogP contribution >= 0.6 is 0 Å². The molecule has 4 aromatic rings. The van der Waals surface area contributed by atoms with E-state index in [0.29, 0.717) is 5.92 Å². The van der Waals surface area contributed by atoms with Crippen LogP contribution in [0.15, 0.2) is 179 Å². The highest BCUT2D eigenvalue weighted by atomic mass is 14.8. The van der Waals surface area contributed by atoms with Crippen LogP contribution in [0.1, 0.15) is 38.3 Å². The molecule has 2 aromatic carbocycles. The predicted octanol–water partition coefficient (Wildman–Crippen LogP) is 11.2. The van der Waals surface area contributed by atoms with Gasteiger partial charge in [0.1, 0.15) is 0 Å². The first-order valence-electron chi connectivity index (χ1n) is 16.9. The Kier molecular flexibility index (Phi) is 10.8. The first-order valence-corrected chi connectivity index (χ1v) is 16.9. The lowest BCUT2D eigenvalue weighted by Gasteiger charge is -2.17. The van der Waals surface area contributed by atoms with E-state index in [2.05, 4.69) is 135 Å². The fourth-order valence-corrected chi connectivity index (χ4v) is 6.12. The summed E-state index contributed by atoms with van der Waals surface area (Å²) in [6.45, 7) is 8.36. The van der Waals surface area contributed by atoms with Gasteiger partial charge in [-0.05, 0) is 87.6 Å². The molecule has 49 heavy (non-hydrogen) atoms. The Balaban J connectivity index is 1.30. The molecule has 2 bridgehead atoms. The van der Waals surface area contributed by atoms with Crippen molar-refractivity contribution >= 4 is 33.2 Å². The molecule has 0 saturated carbocycles. The first-order chi connectivity index (χ1) is 24.0. The number of fused-ring (bicyclic) bond motifs is 5. The number of hydrogen-bond acceptors (Lipinski definition) is 4. The van der Waals surface area contributed by atoms with Crippen LogP contribution in [0.25, 0.3) is 33.1 Å². The zero-order valence-corrected chi connectivity index (χ0v) is 28.7. The van der Waals surface area contributed by atoms with Gasteiger partial charge >= 0.3 is 0 Å². The smallest absolute Gasteiger partial charge is 0.0972 e. The third-order valence-corrected chi connectivity index (χ3v) is 8.69. The van der Waals surface area contributed by atoms with E-state index >= 15 is 0 Å². The number of aliphatic imine (C=N–C) groups is 2. The van der Waals surface area contributed by atoms with Crippen LogP contribution in [-0.4, -0.2) is 27.4 Å².